The quantitative estimate of drug-likeness (QED) is 0.221. The molecule has 5 heterocycles. The van der Waals surface area contributed by atoms with Gasteiger partial charge in [-0.15, -0.1) is 6.42 Å². The molecule has 2 saturated heterocycles. The molecular weight excluding hydrogens is 632 g/mol. The molecule has 7 rings (SSSR count). The van der Waals surface area contributed by atoms with Gasteiger partial charge in [-0.1, -0.05) is 12.0 Å². The zero-order chi connectivity index (χ0) is 33.2. The molecule has 0 spiro atoms. The number of aliphatic hydroxyl groups excluding tert-OH is 1. The number of ether oxygens (including phenoxy) is 2. The number of hydrogen-bond acceptors (Lipinski definition) is 9. The third-order valence-electron chi connectivity index (χ3n) is 9.14. The average Bonchev–Trinajstić information content (AvgIpc) is 3.49. The number of aliphatic hydroxyl groups is 1. The summed E-state index contributed by atoms with van der Waals surface area (Å²) in [7, 11) is 0. The smallest absolute Gasteiger partial charge is 0.412 e. The lowest BCUT2D eigenvalue weighted by molar-refractivity contribution is -0.154. The molecule has 3 aliphatic rings. The maximum Gasteiger partial charge on any atom is 0.412 e. The number of phenolic OH excluding ortho intramolecular Hbond substituents is 1. The van der Waals surface area contributed by atoms with Gasteiger partial charge < -0.3 is 24.6 Å². The first-order valence-corrected chi connectivity index (χ1v) is 14.9. The predicted molar refractivity (Wildman–Crippen MR) is 158 cm³/mol. The second-order valence-electron chi connectivity index (χ2n) is 11.9. The summed E-state index contributed by atoms with van der Waals surface area (Å²) in [6, 6.07) is 1.96. The molecule has 4 aromatic rings. The van der Waals surface area contributed by atoms with E-state index in [-0.39, 0.29) is 52.6 Å². The Morgan fingerprint density at radius 1 is 1.15 bits per heavy atom. The van der Waals surface area contributed by atoms with Gasteiger partial charge >= 0.3 is 12.2 Å². The zero-order valence-electron chi connectivity index (χ0n) is 24.6. The Labute approximate surface area is 263 Å². The topological polar surface area (TPSA) is 104 Å². The fourth-order valence-electron chi connectivity index (χ4n) is 7.10. The lowest BCUT2D eigenvalue weighted by Crippen LogP contribution is -2.50. The number of pyridine rings is 1. The Kier molecular flexibility index (Phi) is 7.47. The number of rotatable bonds is 6. The van der Waals surface area contributed by atoms with E-state index in [1.54, 1.807) is 0 Å². The summed E-state index contributed by atoms with van der Waals surface area (Å²) >= 11 is 0. The second kappa shape index (κ2) is 11.3. The molecule has 0 aliphatic carbocycles. The maximum atomic E-state index is 16.8. The van der Waals surface area contributed by atoms with Crippen LogP contribution < -0.4 is 14.4 Å². The second-order valence-corrected chi connectivity index (χ2v) is 11.9. The van der Waals surface area contributed by atoms with Gasteiger partial charge in [-0.3, -0.25) is 4.90 Å². The number of aromatic nitrogens is 3. The molecule has 0 bridgehead atoms. The number of alkyl halides is 4. The number of anilines is 1. The van der Waals surface area contributed by atoms with Crippen LogP contribution in [0.25, 0.3) is 32.9 Å². The van der Waals surface area contributed by atoms with E-state index in [2.05, 4.69) is 20.9 Å². The van der Waals surface area contributed by atoms with Crippen molar-refractivity contribution < 1.29 is 46.0 Å². The standard InChI is InChI=1S/C32H27F6N5O4/c1-2-19-21(34)5-4-16-10-18(45)11-20(23(16)19)26-25(35)27-24-28(43(8-9-44)22(32(36,37)38)14-46-29(24)39-26)41-30(40-27)47-15-31-6-3-7-42(31)13-17(33)12-31/h1,4-5,10-11,17,22,44-45H,3,6-9,12-15H2/t17-,22+,31+/m1/s1. The third kappa shape index (κ3) is 5.10. The van der Waals surface area contributed by atoms with E-state index in [0.717, 1.165) is 23.5 Å². The number of benzene rings is 2. The fourth-order valence-corrected chi connectivity index (χ4v) is 7.10. The van der Waals surface area contributed by atoms with Crippen molar-refractivity contribution >= 4 is 27.5 Å². The number of phenols is 1. The van der Waals surface area contributed by atoms with E-state index < -0.39 is 84.2 Å². The number of aromatic hydroxyl groups is 1. The van der Waals surface area contributed by atoms with Gasteiger partial charge in [-0.2, -0.15) is 23.1 Å². The van der Waals surface area contributed by atoms with Crippen LogP contribution in [0.3, 0.4) is 0 Å². The molecule has 3 aliphatic heterocycles. The minimum atomic E-state index is -4.89. The van der Waals surface area contributed by atoms with Crippen molar-refractivity contribution in [3.63, 3.8) is 0 Å². The van der Waals surface area contributed by atoms with Crippen LogP contribution in [0.2, 0.25) is 0 Å². The lowest BCUT2D eigenvalue weighted by atomic mass is 9.95. The van der Waals surface area contributed by atoms with Crippen LogP contribution in [-0.2, 0) is 0 Å². The number of fused-ring (bicyclic) bond motifs is 2. The summed E-state index contributed by atoms with van der Waals surface area (Å²) in [6.07, 6.45) is 1.20. The maximum absolute atomic E-state index is 16.8. The SMILES string of the molecule is C#Cc1c(F)ccc2cc(O)cc(-c3nc4c5c(nc(OC[C@@]67CCCN6C[C@H](F)C7)nc5c3F)N(CCO)[C@H](C(F)(F)F)CO4)c12. The van der Waals surface area contributed by atoms with E-state index in [1.165, 1.54) is 12.1 Å². The molecular formula is C32H27F6N5O4. The largest absolute Gasteiger partial charge is 0.508 e. The van der Waals surface area contributed by atoms with Crippen LogP contribution in [0.15, 0.2) is 24.3 Å². The van der Waals surface area contributed by atoms with Gasteiger partial charge in [0.15, 0.2) is 11.9 Å². The summed E-state index contributed by atoms with van der Waals surface area (Å²) < 4.78 is 101. The Balaban J connectivity index is 1.47. The molecule has 246 valence electrons. The first-order valence-electron chi connectivity index (χ1n) is 14.9. The van der Waals surface area contributed by atoms with Crippen molar-refractivity contribution in [2.24, 2.45) is 0 Å². The third-order valence-corrected chi connectivity index (χ3v) is 9.14. The molecule has 0 radical (unpaired) electrons. The summed E-state index contributed by atoms with van der Waals surface area (Å²) in [5.74, 6) is -1.01. The van der Waals surface area contributed by atoms with Crippen LogP contribution in [0.4, 0.5) is 32.2 Å². The summed E-state index contributed by atoms with van der Waals surface area (Å²) in [5, 5.41) is 20.2. The highest BCUT2D eigenvalue weighted by Gasteiger charge is 2.50. The highest BCUT2D eigenvalue weighted by Crippen LogP contribution is 2.45. The van der Waals surface area contributed by atoms with Crippen LogP contribution >= 0.6 is 0 Å². The average molecular weight is 660 g/mol. The van der Waals surface area contributed by atoms with Gasteiger partial charge in [0.25, 0.3) is 0 Å². The van der Waals surface area contributed by atoms with E-state index in [9.17, 15) is 32.2 Å². The molecule has 15 heteroatoms. The molecule has 2 fully saturated rings. The molecule has 2 aromatic heterocycles. The van der Waals surface area contributed by atoms with Crippen LogP contribution in [0.1, 0.15) is 24.8 Å². The van der Waals surface area contributed by atoms with E-state index in [0.29, 0.717) is 13.0 Å². The van der Waals surface area contributed by atoms with Crippen LogP contribution in [-0.4, -0.2) is 93.4 Å². The van der Waals surface area contributed by atoms with Crippen LogP contribution in [0.5, 0.6) is 17.6 Å². The molecule has 0 saturated carbocycles. The van der Waals surface area contributed by atoms with E-state index in [1.807, 2.05) is 4.90 Å². The van der Waals surface area contributed by atoms with Crippen molar-refractivity contribution in [2.45, 2.75) is 43.2 Å². The van der Waals surface area contributed by atoms with E-state index >= 15 is 4.39 Å². The van der Waals surface area contributed by atoms with Gasteiger partial charge in [0, 0.05) is 30.5 Å². The Morgan fingerprint density at radius 2 is 1.96 bits per heavy atom. The van der Waals surface area contributed by atoms with Gasteiger partial charge in [0.2, 0.25) is 5.88 Å². The predicted octanol–water partition coefficient (Wildman–Crippen LogP) is 4.89. The minimum Gasteiger partial charge on any atom is -0.508 e. The number of terminal acetylenes is 1. The molecule has 2 N–H and O–H groups in total. The summed E-state index contributed by atoms with van der Waals surface area (Å²) in [5.41, 5.74) is -2.19. The number of halogens is 6. The first-order chi connectivity index (χ1) is 22.4. The van der Waals surface area contributed by atoms with Gasteiger partial charge in [-0.05, 0) is 43.0 Å². The number of hydrogen-bond donors (Lipinski definition) is 2. The number of nitrogens with zero attached hydrogens (tertiary/aromatic N) is 5. The highest BCUT2D eigenvalue weighted by molar-refractivity contribution is 6.04. The van der Waals surface area contributed by atoms with Crippen molar-refractivity contribution in [1.29, 1.82) is 0 Å². The Hall–Kier alpha value is -4.55. The summed E-state index contributed by atoms with van der Waals surface area (Å²) in [4.78, 5) is 15.4. The highest BCUT2D eigenvalue weighted by atomic mass is 19.4. The lowest BCUT2D eigenvalue weighted by Gasteiger charge is -2.32. The monoisotopic (exact) mass is 659 g/mol. The fraction of sp³-hybridized carbons (Fsp3) is 0.406. The molecule has 47 heavy (non-hydrogen) atoms. The molecule has 3 atom stereocenters. The molecule has 0 unspecified atom stereocenters. The first kappa shape index (κ1) is 31.1. The summed E-state index contributed by atoms with van der Waals surface area (Å²) in [6.45, 7) is -1.54. The van der Waals surface area contributed by atoms with Gasteiger partial charge in [-0.25, -0.2) is 18.2 Å². The zero-order valence-corrected chi connectivity index (χ0v) is 24.6. The minimum absolute atomic E-state index is 0.0140. The van der Waals surface area contributed by atoms with Crippen molar-refractivity contribution in [3.05, 3.63) is 41.5 Å². The van der Waals surface area contributed by atoms with Crippen molar-refractivity contribution in [2.75, 3.05) is 44.4 Å². The Morgan fingerprint density at radius 3 is 2.70 bits per heavy atom. The van der Waals surface area contributed by atoms with Crippen molar-refractivity contribution in [3.8, 4) is 41.2 Å². The van der Waals surface area contributed by atoms with Crippen molar-refractivity contribution in [1.82, 2.24) is 19.9 Å². The Bertz CT molecular complexity index is 1950. The normalized spacial score (nSPS) is 22.7. The molecule has 0 amide bonds. The van der Waals surface area contributed by atoms with E-state index in [4.69, 9.17) is 15.9 Å². The molecule has 2 aromatic carbocycles. The van der Waals surface area contributed by atoms with Gasteiger partial charge in [0.1, 0.15) is 53.4 Å². The van der Waals surface area contributed by atoms with Gasteiger partial charge in [0.05, 0.1) is 17.7 Å². The van der Waals surface area contributed by atoms with Crippen LogP contribution in [0, 0.1) is 24.0 Å². The molecule has 9 nitrogen and oxygen atoms in total. The number of β-amino-alcohol motifs (C(OH)–C–C–N with tert-alkyl or cyclic N) is 1.